The van der Waals surface area contributed by atoms with Crippen LogP contribution in [0.2, 0.25) is 0 Å². The molecule has 1 saturated heterocycles. The quantitative estimate of drug-likeness (QED) is 0.736. The van der Waals surface area contributed by atoms with Gasteiger partial charge in [-0.15, -0.1) is 0 Å². The summed E-state index contributed by atoms with van der Waals surface area (Å²) < 4.78 is 10.7. The second-order valence-electron chi connectivity index (χ2n) is 7.39. The molecule has 2 aliphatic rings. The standard InChI is InChI=1S/C23H21N3O4S/c1-12-4-7-14(8-5-12)26-22(27)19-18(13-6-9-16(29-2)17(10-13)30-3)15(11-24)21(25)31-20(19)23(26)28/h4-10,18-20H,25H2,1-3H3. The Kier molecular flexibility index (Phi) is 5.38. The van der Waals surface area contributed by atoms with Gasteiger partial charge in [0.2, 0.25) is 11.8 Å². The number of imide groups is 1. The largest absolute Gasteiger partial charge is 0.493 e. The van der Waals surface area contributed by atoms with Crippen molar-refractivity contribution in [3.05, 3.63) is 64.2 Å². The summed E-state index contributed by atoms with van der Waals surface area (Å²) in [5.41, 5.74) is 8.68. The lowest BCUT2D eigenvalue weighted by molar-refractivity contribution is -0.122. The summed E-state index contributed by atoms with van der Waals surface area (Å²) in [6.45, 7) is 1.93. The molecule has 4 rings (SSSR count). The van der Waals surface area contributed by atoms with Gasteiger partial charge in [0.15, 0.2) is 11.5 Å². The van der Waals surface area contributed by atoms with Crippen LogP contribution in [-0.2, 0) is 9.59 Å². The number of carbonyl (C=O) groups is 2. The molecular formula is C23H21N3O4S. The molecule has 0 bridgehead atoms. The smallest absolute Gasteiger partial charge is 0.248 e. The number of carbonyl (C=O) groups excluding carboxylic acids is 2. The van der Waals surface area contributed by atoms with E-state index in [-0.39, 0.29) is 22.4 Å². The van der Waals surface area contributed by atoms with Crippen LogP contribution < -0.4 is 20.1 Å². The average molecular weight is 436 g/mol. The van der Waals surface area contributed by atoms with E-state index < -0.39 is 17.1 Å². The second kappa shape index (κ2) is 8.00. The Morgan fingerprint density at radius 2 is 1.71 bits per heavy atom. The molecule has 2 aromatic rings. The van der Waals surface area contributed by atoms with E-state index in [9.17, 15) is 14.9 Å². The lowest BCUT2D eigenvalue weighted by Crippen LogP contribution is -2.33. The van der Waals surface area contributed by atoms with Crippen molar-refractivity contribution in [1.82, 2.24) is 0 Å². The van der Waals surface area contributed by atoms with Gasteiger partial charge in [-0.25, -0.2) is 4.90 Å². The highest BCUT2D eigenvalue weighted by Crippen LogP contribution is 2.51. The first kappa shape index (κ1) is 20.8. The van der Waals surface area contributed by atoms with Crippen molar-refractivity contribution in [2.45, 2.75) is 18.1 Å². The zero-order valence-corrected chi connectivity index (χ0v) is 18.1. The fourth-order valence-corrected chi connectivity index (χ4v) is 5.33. The molecule has 2 amide bonds. The molecule has 0 saturated carbocycles. The molecule has 2 aliphatic heterocycles. The van der Waals surface area contributed by atoms with E-state index in [0.717, 1.165) is 17.3 Å². The molecule has 2 aromatic carbocycles. The van der Waals surface area contributed by atoms with Crippen LogP contribution in [0.1, 0.15) is 17.0 Å². The summed E-state index contributed by atoms with van der Waals surface area (Å²) in [6, 6.07) is 14.6. The molecule has 1 fully saturated rings. The Morgan fingerprint density at radius 1 is 1.03 bits per heavy atom. The number of allylic oxidation sites excluding steroid dienone is 1. The van der Waals surface area contributed by atoms with Crippen LogP contribution in [-0.4, -0.2) is 31.3 Å². The molecule has 3 unspecified atom stereocenters. The zero-order valence-electron chi connectivity index (χ0n) is 17.3. The van der Waals surface area contributed by atoms with Gasteiger partial charge in [-0.05, 0) is 36.8 Å². The van der Waals surface area contributed by atoms with Gasteiger partial charge in [0.05, 0.1) is 42.5 Å². The molecule has 31 heavy (non-hydrogen) atoms. The van der Waals surface area contributed by atoms with Crippen LogP contribution in [0.4, 0.5) is 5.69 Å². The number of ether oxygens (including phenoxy) is 2. The number of nitriles is 1. The third-order valence-electron chi connectivity index (χ3n) is 5.66. The number of amides is 2. The van der Waals surface area contributed by atoms with Crippen molar-refractivity contribution in [3.63, 3.8) is 0 Å². The monoisotopic (exact) mass is 435 g/mol. The predicted molar refractivity (Wildman–Crippen MR) is 118 cm³/mol. The van der Waals surface area contributed by atoms with Gasteiger partial charge in [0.25, 0.3) is 0 Å². The molecule has 158 valence electrons. The maximum Gasteiger partial charge on any atom is 0.248 e. The topological polar surface area (TPSA) is 106 Å². The molecule has 2 N–H and O–H groups in total. The van der Waals surface area contributed by atoms with Crippen LogP contribution in [0.5, 0.6) is 11.5 Å². The van der Waals surface area contributed by atoms with Crippen LogP contribution in [0, 0.1) is 24.2 Å². The number of anilines is 1. The summed E-state index contributed by atoms with van der Waals surface area (Å²) in [5.74, 6) is -1.08. The minimum atomic E-state index is -0.751. The Balaban J connectivity index is 1.83. The first-order chi connectivity index (χ1) is 14.9. The van der Waals surface area contributed by atoms with Gasteiger partial charge >= 0.3 is 0 Å². The fraction of sp³-hybridized carbons (Fsp3) is 0.261. The van der Waals surface area contributed by atoms with E-state index in [1.165, 1.54) is 19.1 Å². The van der Waals surface area contributed by atoms with Gasteiger partial charge in [-0.1, -0.05) is 35.5 Å². The minimum absolute atomic E-state index is 0.260. The van der Waals surface area contributed by atoms with E-state index >= 15 is 0 Å². The van der Waals surface area contributed by atoms with Crippen molar-refractivity contribution in [3.8, 4) is 17.6 Å². The van der Waals surface area contributed by atoms with Gasteiger partial charge in [0, 0.05) is 5.92 Å². The Hall–Kier alpha value is -3.44. The summed E-state index contributed by atoms with van der Waals surface area (Å²) in [7, 11) is 3.04. The summed E-state index contributed by atoms with van der Waals surface area (Å²) >= 11 is 1.09. The molecule has 0 aromatic heterocycles. The van der Waals surface area contributed by atoms with Crippen LogP contribution in [0.15, 0.2) is 53.1 Å². The first-order valence-corrected chi connectivity index (χ1v) is 10.5. The van der Waals surface area contributed by atoms with Gasteiger partial charge in [-0.3, -0.25) is 9.59 Å². The SMILES string of the molecule is COc1ccc(C2C(C#N)=C(N)SC3C(=O)N(c4ccc(C)cc4)C(=O)C32)cc1OC. The Morgan fingerprint density at radius 3 is 2.32 bits per heavy atom. The van der Waals surface area contributed by atoms with Gasteiger partial charge in [0.1, 0.15) is 5.25 Å². The second-order valence-corrected chi connectivity index (χ2v) is 8.58. The lowest BCUT2D eigenvalue weighted by Gasteiger charge is -2.31. The number of methoxy groups -OCH3 is 2. The third kappa shape index (κ3) is 3.31. The molecule has 0 radical (unpaired) electrons. The minimum Gasteiger partial charge on any atom is -0.493 e. The molecule has 2 heterocycles. The number of thioether (sulfide) groups is 1. The van der Waals surface area contributed by atoms with E-state index in [1.54, 1.807) is 30.3 Å². The fourth-order valence-electron chi connectivity index (χ4n) is 4.14. The normalized spacial score (nSPS) is 22.9. The highest BCUT2D eigenvalue weighted by Gasteiger charge is 2.56. The van der Waals surface area contributed by atoms with Crippen molar-refractivity contribution in [1.29, 1.82) is 5.26 Å². The summed E-state index contributed by atoms with van der Waals surface area (Å²) in [5, 5.41) is 9.39. The number of aryl methyl sites for hydroxylation is 1. The van der Waals surface area contributed by atoms with Crippen LogP contribution in [0.3, 0.4) is 0 Å². The van der Waals surface area contributed by atoms with Crippen molar-refractivity contribution in [2.24, 2.45) is 11.7 Å². The molecule has 3 atom stereocenters. The number of benzene rings is 2. The molecular weight excluding hydrogens is 414 g/mol. The zero-order chi connectivity index (χ0) is 22.3. The number of hydrogen-bond acceptors (Lipinski definition) is 7. The number of rotatable bonds is 4. The highest BCUT2D eigenvalue weighted by molar-refractivity contribution is 8.04. The number of nitrogens with zero attached hydrogens (tertiary/aromatic N) is 2. The molecule has 0 spiro atoms. The number of nitrogens with two attached hydrogens (primary N) is 1. The summed E-state index contributed by atoms with van der Waals surface area (Å²) in [6.07, 6.45) is 0. The van der Waals surface area contributed by atoms with E-state index in [2.05, 4.69) is 6.07 Å². The summed E-state index contributed by atoms with van der Waals surface area (Å²) in [4.78, 5) is 28.0. The van der Waals surface area contributed by atoms with Gasteiger partial charge in [-0.2, -0.15) is 5.26 Å². The predicted octanol–water partition coefficient (Wildman–Crippen LogP) is 3.09. The third-order valence-corrected chi connectivity index (χ3v) is 6.89. The van der Waals surface area contributed by atoms with Crippen molar-refractivity contribution >= 4 is 29.3 Å². The van der Waals surface area contributed by atoms with E-state index in [0.29, 0.717) is 22.7 Å². The van der Waals surface area contributed by atoms with Gasteiger partial charge < -0.3 is 15.2 Å². The Labute approximate surface area is 184 Å². The van der Waals surface area contributed by atoms with Crippen molar-refractivity contribution in [2.75, 3.05) is 19.1 Å². The van der Waals surface area contributed by atoms with E-state index in [4.69, 9.17) is 15.2 Å². The number of fused-ring (bicyclic) bond motifs is 1. The number of hydrogen-bond donors (Lipinski definition) is 1. The molecule has 8 heteroatoms. The van der Waals surface area contributed by atoms with E-state index in [1.807, 2.05) is 19.1 Å². The average Bonchev–Trinajstić information content (AvgIpc) is 3.02. The molecule has 7 nitrogen and oxygen atoms in total. The maximum absolute atomic E-state index is 13.5. The first-order valence-electron chi connectivity index (χ1n) is 9.64. The lowest BCUT2D eigenvalue weighted by atomic mass is 9.79. The van der Waals surface area contributed by atoms with Crippen LogP contribution >= 0.6 is 11.8 Å². The molecule has 0 aliphatic carbocycles. The van der Waals surface area contributed by atoms with Crippen LogP contribution in [0.25, 0.3) is 0 Å². The maximum atomic E-state index is 13.5. The van der Waals surface area contributed by atoms with Crippen molar-refractivity contribution < 1.29 is 19.1 Å². The highest BCUT2D eigenvalue weighted by atomic mass is 32.2. The Bertz CT molecular complexity index is 1140.